The Kier molecular flexibility index (Phi) is 4.89. The minimum Gasteiger partial charge on any atom is -0.478 e. The van der Waals surface area contributed by atoms with Crippen molar-refractivity contribution >= 4 is 16.0 Å². The Bertz CT molecular complexity index is 775. The molecule has 0 saturated heterocycles. The van der Waals surface area contributed by atoms with E-state index in [4.69, 9.17) is 5.11 Å². The SMILES string of the molecule is O=C(O)c1ccc(F)c(S(=O)(=O)NCCc2ccccc2)c1. The van der Waals surface area contributed by atoms with Crippen molar-refractivity contribution in [3.05, 3.63) is 65.5 Å². The van der Waals surface area contributed by atoms with Crippen molar-refractivity contribution in [1.29, 1.82) is 0 Å². The summed E-state index contributed by atoms with van der Waals surface area (Å²) < 4.78 is 40.1. The average Bonchev–Trinajstić information content (AvgIpc) is 2.48. The molecular weight excluding hydrogens is 309 g/mol. The van der Waals surface area contributed by atoms with Crippen LogP contribution in [0, 0.1) is 5.82 Å². The first kappa shape index (κ1) is 16.1. The summed E-state index contributed by atoms with van der Waals surface area (Å²) >= 11 is 0. The number of halogens is 1. The molecule has 0 atom stereocenters. The van der Waals surface area contributed by atoms with E-state index in [-0.39, 0.29) is 12.1 Å². The summed E-state index contributed by atoms with van der Waals surface area (Å²) in [5.74, 6) is -2.31. The molecule has 5 nitrogen and oxygen atoms in total. The zero-order chi connectivity index (χ0) is 16.2. The van der Waals surface area contributed by atoms with E-state index < -0.39 is 26.7 Å². The highest BCUT2D eigenvalue weighted by atomic mass is 32.2. The van der Waals surface area contributed by atoms with Gasteiger partial charge in [0.25, 0.3) is 0 Å². The molecule has 22 heavy (non-hydrogen) atoms. The van der Waals surface area contributed by atoms with Crippen LogP contribution in [0.3, 0.4) is 0 Å². The van der Waals surface area contributed by atoms with Gasteiger partial charge in [0.05, 0.1) is 5.56 Å². The van der Waals surface area contributed by atoms with Gasteiger partial charge >= 0.3 is 5.97 Å². The highest BCUT2D eigenvalue weighted by molar-refractivity contribution is 7.89. The van der Waals surface area contributed by atoms with Crippen LogP contribution in [0.15, 0.2) is 53.4 Å². The molecule has 116 valence electrons. The number of hydrogen-bond acceptors (Lipinski definition) is 3. The van der Waals surface area contributed by atoms with Crippen LogP contribution in [0.1, 0.15) is 15.9 Å². The number of benzene rings is 2. The molecule has 0 fully saturated rings. The lowest BCUT2D eigenvalue weighted by molar-refractivity contribution is 0.0696. The quantitative estimate of drug-likeness (QED) is 0.852. The Morgan fingerprint density at radius 2 is 1.82 bits per heavy atom. The monoisotopic (exact) mass is 323 g/mol. The Morgan fingerprint density at radius 1 is 1.14 bits per heavy atom. The average molecular weight is 323 g/mol. The van der Waals surface area contributed by atoms with Crippen LogP contribution >= 0.6 is 0 Å². The summed E-state index contributed by atoms with van der Waals surface area (Å²) in [4.78, 5) is 10.2. The smallest absolute Gasteiger partial charge is 0.335 e. The van der Waals surface area contributed by atoms with Gasteiger partial charge in [0, 0.05) is 6.54 Å². The van der Waals surface area contributed by atoms with E-state index >= 15 is 0 Å². The van der Waals surface area contributed by atoms with Crippen LogP contribution < -0.4 is 4.72 Å². The lowest BCUT2D eigenvalue weighted by atomic mass is 10.2. The van der Waals surface area contributed by atoms with Crippen molar-refractivity contribution in [2.75, 3.05) is 6.54 Å². The standard InChI is InChI=1S/C15H14FNO4S/c16-13-7-6-12(15(18)19)10-14(13)22(20,21)17-9-8-11-4-2-1-3-5-11/h1-7,10,17H,8-9H2,(H,18,19). The molecular formula is C15H14FNO4S. The largest absolute Gasteiger partial charge is 0.478 e. The summed E-state index contributed by atoms with van der Waals surface area (Å²) in [5.41, 5.74) is 0.648. The molecule has 2 N–H and O–H groups in total. The molecule has 0 aliphatic heterocycles. The first-order valence-electron chi connectivity index (χ1n) is 6.46. The first-order chi connectivity index (χ1) is 10.4. The van der Waals surface area contributed by atoms with Crippen LogP contribution in [0.5, 0.6) is 0 Å². The van der Waals surface area contributed by atoms with Gasteiger partial charge < -0.3 is 5.11 Å². The molecule has 0 spiro atoms. The van der Waals surface area contributed by atoms with Crippen molar-refractivity contribution < 1.29 is 22.7 Å². The first-order valence-corrected chi connectivity index (χ1v) is 7.95. The third kappa shape index (κ3) is 3.90. The van der Waals surface area contributed by atoms with Crippen LogP contribution in [0.2, 0.25) is 0 Å². The molecule has 0 saturated carbocycles. The van der Waals surface area contributed by atoms with Crippen LogP contribution in [0.4, 0.5) is 4.39 Å². The highest BCUT2D eigenvalue weighted by Gasteiger charge is 2.20. The molecule has 2 rings (SSSR count). The number of hydrogen-bond donors (Lipinski definition) is 2. The van der Waals surface area contributed by atoms with Gasteiger partial charge in [0.1, 0.15) is 10.7 Å². The van der Waals surface area contributed by atoms with E-state index in [1.54, 1.807) is 0 Å². The zero-order valence-corrected chi connectivity index (χ0v) is 12.3. The van der Waals surface area contributed by atoms with E-state index in [9.17, 15) is 17.6 Å². The van der Waals surface area contributed by atoms with E-state index in [2.05, 4.69) is 4.72 Å². The van der Waals surface area contributed by atoms with Crippen LogP contribution in [0.25, 0.3) is 0 Å². The lowest BCUT2D eigenvalue weighted by Crippen LogP contribution is -2.27. The Morgan fingerprint density at radius 3 is 2.45 bits per heavy atom. The Balaban J connectivity index is 2.13. The summed E-state index contributed by atoms with van der Waals surface area (Å²) in [5, 5.41) is 8.85. The summed E-state index contributed by atoms with van der Waals surface area (Å²) in [6.45, 7) is 0.0864. The second-order valence-electron chi connectivity index (χ2n) is 4.58. The van der Waals surface area contributed by atoms with Crippen molar-refractivity contribution in [3.8, 4) is 0 Å². The van der Waals surface area contributed by atoms with E-state index in [0.717, 1.165) is 23.8 Å². The number of nitrogens with one attached hydrogen (secondary N) is 1. The Hall–Kier alpha value is -2.25. The van der Waals surface area contributed by atoms with Crippen LogP contribution in [-0.4, -0.2) is 26.0 Å². The van der Waals surface area contributed by atoms with Gasteiger partial charge in [-0.2, -0.15) is 0 Å². The molecule has 0 amide bonds. The van der Waals surface area contributed by atoms with Gasteiger partial charge in [0.15, 0.2) is 0 Å². The number of rotatable bonds is 6. The predicted octanol–water partition coefficient (Wildman–Crippen LogP) is 2.04. The fourth-order valence-corrected chi connectivity index (χ4v) is 3.03. The van der Waals surface area contributed by atoms with Crippen molar-refractivity contribution in [1.82, 2.24) is 4.72 Å². The third-order valence-corrected chi connectivity index (χ3v) is 4.49. The lowest BCUT2D eigenvalue weighted by Gasteiger charge is -2.08. The number of carbonyl (C=O) groups is 1. The van der Waals surface area contributed by atoms with Gasteiger partial charge in [-0.25, -0.2) is 22.3 Å². The molecule has 0 heterocycles. The van der Waals surface area contributed by atoms with Crippen molar-refractivity contribution in [2.24, 2.45) is 0 Å². The van der Waals surface area contributed by atoms with Crippen molar-refractivity contribution in [3.63, 3.8) is 0 Å². The molecule has 0 aromatic heterocycles. The molecule has 2 aromatic carbocycles. The molecule has 7 heteroatoms. The zero-order valence-electron chi connectivity index (χ0n) is 11.5. The maximum absolute atomic E-state index is 13.7. The molecule has 2 aromatic rings. The van der Waals surface area contributed by atoms with Crippen molar-refractivity contribution in [2.45, 2.75) is 11.3 Å². The minimum atomic E-state index is -4.11. The van der Waals surface area contributed by atoms with Crippen LogP contribution in [-0.2, 0) is 16.4 Å². The van der Waals surface area contributed by atoms with E-state index in [1.807, 2.05) is 30.3 Å². The summed E-state index contributed by atoms with van der Waals surface area (Å²) in [6.07, 6.45) is 0.445. The summed E-state index contributed by atoms with van der Waals surface area (Å²) in [7, 11) is -4.11. The highest BCUT2D eigenvalue weighted by Crippen LogP contribution is 2.16. The number of sulfonamides is 1. The molecule has 0 aliphatic rings. The summed E-state index contributed by atoms with van der Waals surface area (Å²) in [6, 6.07) is 11.9. The van der Waals surface area contributed by atoms with Gasteiger partial charge in [-0.15, -0.1) is 0 Å². The molecule has 0 radical (unpaired) electrons. The normalized spacial score (nSPS) is 11.3. The number of carboxylic acid groups (broad SMARTS) is 1. The molecule has 0 aliphatic carbocycles. The second-order valence-corrected chi connectivity index (χ2v) is 6.32. The predicted molar refractivity (Wildman–Crippen MR) is 78.7 cm³/mol. The maximum Gasteiger partial charge on any atom is 0.335 e. The molecule has 0 bridgehead atoms. The van der Waals surface area contributed by atoms with Gasteiger partial charge in [-0.1, -0.05) is 30.3 Å². The Labute approximate surface area is 127 Å². The van der Waals surface area contributed by atoms with E-state index in [1.165, 1.54) is 0 Å². The minimum absolute atomic E-state index is 0.0864. The third-order valence-electron chi connectivity index (χ3n) is 3.02. The van der Waals surface area contributed by atoms with Gasteiger partial charge in [-0.05, 0) is 30.2 Å². The molecule has 0 unspecified atom stereocenters. The fraction of sp³-hybridized carbons (Fsp3) is 0.133. The van der Waals surface area contributed by atoms with E-state index in [0.29, 0.717) is 6.42 Å². The number of aromatic carboxylic acids is 1. The number of carboxylic acids is 1. The maximum atomic E-state index is 13.7. The second kappa shape index (κ2) is 6.67. The topological polar surface area (TPSA) is 83.5 Å². The fourth-order valence-electron chi connectivity index (χ4n) is 1.89. The van der Waals surface area contributed by atoms with Gasteiger partial charge in [0.2, 0.25) is 10.0 Å². The van der Waals surface area contributed by atoms with Gasteiger partial charge in [-0.3, -0.25) is 0 Å².